The molecule has 1 aromatic carbocycles. The summed E-state index contributed by atoms with van der Waals surface area (Å²) >= 11 is 0. The Hall–Kier alpha value is -2.04. The number of rotatable bonds is 7. The number of piperidine rings is 1. The van der Waals surface area contributed by atoms with E-state index in [-0.39, 0.29) is 17.9 Å². The maximum absolute atomic E-state index is 12.6. The first kappa shape index (κ1) is 22.3. The van der Waals surface area contributed by atoms with Gasteiger partial charge in [-0.25, -0.2) is 0 Å². The van der Waals surface area contributed by atoms with Crippen molar-refractivity contribution >= 4 is 11.8 Å². The van der Waals surface area contributed by atoms with E-state index in [0.717, 1.165) is 29.7 Å². The number of likely N-dealkylation sites (tertiary alicyclic amines) is 1. The van der Waals surface area contributed by atoms with Crippen LogP contribution in [0.1, 0.15) is 70.9 Å². The third kappa shape index (κ3) is 6.25. The van der Waals surface area contributed by atoms with Crippen LogP contribution >= 0.6 is 0 Å². The van der Waals surface area contributed by atoms with Crippen molar-refractivity contribution in [1.29, 1.82) is 0 Å². The molecule has 2 amide bonds. The fourth-order valence-electron chi connectivity index (χ4n) is 3.53. The summed E-state index contributed by atoms with van der Waals surface area (Å²) < 4.78 is 6.02. The fraction of sp³-hybridized carbons (Fsp3) is 0.652. The smallest absolute Gasteiger partial charge is 0.260 e. The molecule has 1 fully saturated rings. The average molecular weight is 389 g/mol. The van der Waals surface area contributed by atoms with E-state index in [4.69, 9.17) is 4.74 Å². The van der Waals surface area contributed by atoms with Crippen LogP contribution in [0.3, 0.4) is 0 Å². The molecule has 5 nitrogen and oxygen atoms in total. The Morgan fingerprint density at radius 2 is 1.79 bits per heavy atom. The molecule has 1 heterocycles. The lowest BCUT2D eigenvalue weighted by Gasteiger charge is -2.33. The van der Waals surface area contributed by atoms with Gasteiger partial charge in [0.2, 0.25) is 5.91 Å². The molecule has 5 heteroatoms. The van der Waals surface area contributed by atoms with E-state index in [0.29, 0.717) is 31.3 Å². The number of aryl methyl sites for hydroxylation is 1. The van der Waals surface area contributed by atoms with Crippen molar-refractivity contribution in [2.45, 2.75) is 78.9 Å². The lowest BCUT2D eigenvalue weighted by molar-refractivity contribution is -0.133. The van der Waals surface area contributed by atoms with Crippen LogP contribution in [0.2, 0.25) is 0 Å². The minimum absolute atomic E-state index is 0.0943. The number of benzene rings is 1. The summed E-state index contributed by atoms with van der Waals surface area (Å²) in [5.41, 5.74) is 2.23. The lowest BCUT2D eigenvalue weighted by atomic mass is 10.0. The van der Waals surface area contributed by atoms with Crippen molar-refractivity contribution in [1.82, 2.24) is 10.2 Å². The number of carbonyl (C=O) groups excluding carboxylic acids is 2. The zero-order chi connectivity index (χ0) is 20.8. The first-order chi connectivity index (χ1) is 13.2. The lowest BCUT2D eigenvalue weighted by Crippen LogP contribution is -2.49. The molecular formula is C23H36N2O3. The van der Waals surface area contributed by atoms with Crippen LogP contribution in [0, 0.1) is 12.8 Å². The van der Waals surface area contributed by atoms with Gasteiger partial charge < -0.3 is 15.0 Å². The number of amides is 2. The first-order valence-corrected chi connectivity index (χ1v) is 10.5. The predicted molar refractivity (Wildman–Crippen MR) is 113 cm³/mol. The third-order valence-electron chi connectivity index (χ3n) is 5.24. The van der Waals surface area contributed by atoms with Crippen LogP contribution < -0.4 is 10.1 Å². The largest absolute Gasteiger partial charge is 0.481 e. The predicted octanol–water partition coefficient (Wildman–Crippen LogP) is 4.04. The van der Waals surface area contributed by atoms with Gasteiger partial charge in [-0.1, -0.05) is 39.8 Å². The van der Waals surface area contributed by atoms with E-state index >= 15 is 0 Å². The van der Waals surface area contributed by atoms with Crippen LogP contribution in [0.4, 0.5) is 0 Å². The highest BCUT2D eigenvalue weighted by Crippen LogP contribution is 2.28. The van der Waals surface area contributed by atoms with Gasteiger partial charge in [-0.3, -0.25) is 9.59 Å². The maximum Gasteiger partial charge on any atom is 0.260 e. The number of ether oxygens (including phenoxy) is 1. The van der Waals surface area contributed by atoms with Gasteiger partial charge in [0, 0.05) is 25.6 Å². The second kappa shape index (κ2) is 9.94. The van der Waals surface area contributed by atoms with Gasteiger partial charge in [0.1, 0.15) is 5.75 Å². The Morgan fingerprint density at radius 3 is 2.36 bits per heavy atom. The van der Waals surface area contributed by atoms with Crippen LogP contribution in [0.25, 0.3) is 0 Å². The molecule has 1 aliphatic heterocycles. The Morgan fingerprint density at radius 1 is 1.14 bits per heavy atom. The molecule has 0 aromatic heterocycles. The molecule has 1 saturated heterocycles. The van der Waals surface area contributed by atoms with Crippen molar-refractivity contribution in [3.63, 3.8) is 0 Å². The van der Waals surface area contributed by atoms with Crippen LogP contribution in [0.5, 0.6) is 5.75 Å². The molecule has 1 atom stereocenters. The van der Waals surface area contributed by atoms with Crippen LogP contribution in [-0.4, -0.2) is 41.9 Å². The highest BCUT2D eigenvalue weighted by Gasteiger charge is 2.26. The fourth-order valence-corrected chi connectivity index (χ4v) is 3.53. The highest BCUT2D eigenvalue weighted by molar-refractivity contribution is 5.81. The standard InChI is InChI=1S/C23H36N2O3/c1-15(2)13-22(26)25-11-9-19(10-12-25)24-23(27)18(6)28-21-14-17(5)7-8-20(21)16(3)4/h7-8,14-16,18-19H,9-13H2,1-6H3,(H,24,27). The summed E-state index contributed by atoms with van der Waals surface area (Å²) in [6, 6.07) is 6.24. The molecule has 1 aliphatic rings. The van der Waals surface area contributed by atoms with Gasteiger partial charge >= 0.3 is 0 Å². The van der Waals surface area contributed by atoms with E-state index in [9.17, 15) is 9.59 Å². The Kier molecular flexibility index (Phi) is 7.90. The highest BCUT2D eigenvalue weighted by atomic mass is 16.5. The van der Waals surface area contributed by atoms with Crippen molar-refractivity contribution in [2.24, 2.45) is 5.92 Å². The monoisotopic (exact) mass is 388 g/mol. The number of hydrogen-bond donors (Lipinski definition) is 1. The summed E-state index contributed by atoms with van der Waals surface area (Å²) in [7, 11) is 0. The Balaban J connectivity index is 1.87. The van der Waals surface area contributed by atoms with Crippen molar-refractivity contribution in [3.05, 3.63) is 29.3 Å². The topological polar surface area (TPSA) is 58.6 Å². The molecule has 0 aliphatic carbocycles. The SMILES string of the molecule is Cc1ccc(C(C)C)c(OC(C)C(=O)NC2CCN(C(=O)CC(C)C)CC2)c1. The molecule has 1 unspecified atom stereocenters. The van der Waals surface area contributed by atoms with E-state index in [1.807, 2.05) is 17.9 Å². The molecule has 1 aromatic rings. The van der Waals surface area contributed by atoms with E-state index in [1.165, 1.54) is 0 Å². The molecule has 0 radical (unpaired) electrons. The number of hydrogen-bond acceptors (Lipinski definition) is 3. The molecule has 0 saturated carbocycles. The van der Waals surface area contributed by atoms with Gasteiger partial charge in [0.05, 0.1) is 0 Å². The van der Waals surface area contributed by atoms with Crippen LogP contribution in [-0.2, 0) is 9.59 Å². The van der Waals surface area contributed by atoms with Gasteiger partial charge in [-0.2, -0.15) is 0 Å². The molecular weight excluding hydrogens is 352 g/mol. The molecule has 0 bridgehead atoms. The number of carbonyl (C=O) groups is 2. The normalized spacial score (nSPS) is 16.4. The zero-order valence-corrected chi connectivity index (χ0v) is 18.2. The quantitative estimate of drug-likeness (QED) is 0.767. The summed E-state index contributed by atoms with van der Waals surface area (Å²) in [6.45, 7) is 13.6. The summed E-state index contributed by atoms with van der Waals surface area (Å²) in [5, 5.41) is 3.10. The van der Waals surface area contributed by atoms with Crippen molar-refractivity contribution < 1.29 is 14.3 Å². The van der Waals surface area contributed by atoms with Gasteiger partial charge in [-0.15, -0.1) is 0 Å². The summed E-state index contributed by atoms with van der Waals surface area (Å²) in [5.74, 6) is 1.62. The van der Waals surface area contributed by atoms with Gasteiger partial charge in [-0.05, 0) is 55.7 Å². The van der Waals surface area contributed by atoms with Crippen molar-refractivity contribution in [2.75, 3.05) is 13.1 Å². The molecule has 0 spiro atoms. The van der Waals surface area contributed by atoms with Gasteiger partial charge in [0.15, 0.2) is 6.10 Å². The Bertz CT molecular complexity index is 676. The minimum atomic E-state index is -0.556. The molecule has 1 N–H and O–H groups in total. The average Bonchev–Trinajstić information content (AvgIpc) is 2.61. The summed E-state index contributed by atoms with van der Waals surface area (Å²) in [6.07, 6.45) is 1.63. The number of nitrogens with one attached hydrogen (secondary N) is 1. The third-order valence-corrected chi connectivity index (χ3v) is 5.24. The minimum Gasteiger partial charge on any atom is -0.481 e. The molecule has 28 heavy (non-hydrogen) atoms. The first-order valence-electron chi connectivity index (χ1n) is 10.5. The van der Waals surface area contributed by atoms with Gasteiger partial charge in [0.25, 0.3) is 5.91 Å². The second-order valence-corrected chi connectivity index (χ2v) is 8.72. The summed E-state index contributed by atoms with van der Waals surface area (Å²) in [4.78, 5) is 26.7. The molecule has 156 valence electrons. The van der Waals surface area contributed by atoms with Crippen LogP contribution in [0.15, 0.2) is 18.2 Å². The maximum atomic E-state index is 12.6. The Labute approximate surface area is 169 Å². The van der Waals surface area contributed by atoms with E-state index < -0.39 is 6.10 Å². The zero-order valence-electron chi connectivity index (χ0n) is 18.2. The van der Waals surface area contributed by atoms with Crippen molar-refractivity contribution in [3.8, 4) is 5.75 Å². The van der Waals surface area contributed by atoms with E-state index in [1.54, 1.807) is 6.92 Å². The second-order valence-electron chi connectivity index (χ2n) is 8.72. The number of nitrogens with zero attached hydrogens (tertiary/aromatic N) is 1. The van der Waals surface area contributed by atoms with E-state index in [2.05, 4.69) is 45.1 Å². The molecule has 2 rings (SSSR count).